The molecule has 0 spiro atoms. The molecular formula is C23H29N3O3. The maximum absolute atomic E-state index is 12.8. The van der Waals surface area contributed by atoms with Gasteiger partial charge < -0.3 is 15.4 Å². The first-order chi connectivity index (χ1) is 14.0. The van der Waals surface area contributed by atoms with Gasteiger partial charge >= 0.3 is 0 Å². The van der Waals surface area contributed by atoms with Crippen LogP contribution < -0.4 is 15.4 Å². The molecule has 0 radical (unpaired) electrons. The zero-order chi connectivity index (χ0) is 20.8. The number of ether oxygens (including phenoxy) is 1. The second kappa shape index (κ2) is 9.56. The number of para-hydroxylation sites is 1. The van der Waals surface area contributed by atoms with Crippen LogP contribution in [0.1, 0.15) is 25.3 Å². The number of carbonyl (C=O) groups excluding carboxylic acids is 2. The summed E-state index contributed by atoms with van der Waals surface area (Å²) in [6, 6.07) is 14.8. The molecule has 2 atom stereocenters. The lowest BCUT2D eigenvalue weighted by atomic mass is 9.95. The second-order valence-electron chi connectivity index (χ2n) is 7.56. The number of rotatable bonds is 6. The van der Waals surface area contributed by atoms with Crippen molar-refractivity contribution in [3.63, 3.8) is 0 Å². The smallest absolute Gasteiger partial charge is 0.241 e. The first-order valence-electron chi connectivity index (χ1n) is 10.0. The fraction of sp³-hybridized carbons (Fsp3) is 0.391. The Morgan fingerprint density at radius 1 is 1.14 bits per heavy atom. The molecule has 1 heterocycles. The van der Waals surface area contributed by atoms with Gasteiger partial charge in [-0.1, -0.05) is 24.3 Å². The van der Waals surface area contributed by atoms with Gasteiger partial charge in [0.25, 0.3) is 0 Å². The molecule has 3 rings (SSSR count). The Balaban J connectivity index is 1.61. The van der Waals surface area contributed by atoms with E-state index in [-0.39, 0.29) is 23.8 Å². The normalized spacial score (nSPS) is 18.0. The first-order valence-corrected chi connectivity index (χ1v) is 10.0. The summed E-state index contributed by atoms with van der Waals surface area (Å²) in [6.07, 6.45) is 1.72. The molecule has 2 N–H and O–H groups in total. The van der Waals surface area contributed by atoms with Crippen LogP contribution in [-0.4, -0.2) is 43.0 Å². The van der Waals surface area contributed by atoms with E-state index in [4.69, 9.17) is 4.74 Å². The fourth-order valence-electron chi connectivity index (χ4n) is 3.66. The van der Waals surface area contributed by atoms with E-state index >= 15 is 0 Å². The molecule has 0 unspecified atom stereocenters. The molecule has 1 aliphatic rings. The van der Waals surface area contributed by atoms with Gasteiger partial charge in [-0.3, -0.25) is 14.5 Å². The standard InChI is InChI=1S/C23H29N3O3/c1-16-11-12-21(29-3)20(14-16)25-22(27)17(2)26-13-7-8-18(15-26)23(28)24-19-9-5-4-6-10-19/h4-6,9-12,14,17-18H,7-8,13,15H2,1-3H3,(H,24,28)(H,25,27)/t17-,18-/m1/s1. The van der Waals surface area contributed by atoms with E-state index in [1.165, 1.54) is 0 Å². The van der Waals surface area contributed by atoms with Crippen LogP contribution in [0.2, 0.25) is 0 Å². The van der Waals surface area contributed by atoms with Crippen molar-refractivity contribution in [3.8, 4) is 5.75 Å². The highest BCUT2D eigenvalue weighted by Gasteiger charge is 2.31. The quantitative estimate of drug-likeness (QED) is 0.783. The molecule has 1 saturated heterocycles. The molecule has 0 aromatic heterocycles. The van der Waals surface area contributed by atoms with Crippen LogP contribution >= 0.6 is 0 Å². The van der Waals surface area contributed by atoms with E-state index < -0.39 is 0 Å². The van der Waals surface area contributed by atoms with Gasteiger partial charge in [0.05, 0.1) is 24.8 Å². The molecule has 29 heavy (non-hydrogen) atoms. The average molecular weight is 396 g/mol. The number of hydrogen-bond acceptors (Lipinski definition) is 4. The minimum atomic E-state index is -0.340. The van der Waals surface area contributed by atoms with Crippen LogP contribution in [0.15, 0.2) is 48.5 Å². The monoisotopic (exact) mass is 395 g/mol. The van der Waals surface area contributed by atoms with Crippen molar-refractivity contribution in [2.24, 2.45) is 5.92 Å². The molecule has 154 valence electrons. The highest BCUT2D eigenvalue weighted by atomic mass is 16.5. The zero-order valence-electron chi connectivity index (χ0n) is 17.3. The maximum atomic E-state index is 12.8. The minimum Gasteiger partial charge on any atom is -0.495 e. The number of methoxy groups -OCH3 is 1. The Morgan fingerprint density at radius 3 is 2.62 bits per heavy atom. The summed E-state index contributed by atoms with van der Waals surface area (Å²) in [6.45, 7) is 5.22. The summed E-state index contributed by atoms with van der Waals surface area (Å²) >= 11 is 0. The number of nitrogens with one attached hydrogen (secondary N) is 2. The zero-order valence-corrected chi connectivity index (χ0v) is 17.3. The lowest BCUT2D eigenvalue weighted by Gasteiger charge is -2.35. The number of amides is 2. The van der Waals surface area contributed by atoms with Gasteiger partial charge in [0, 0.05) is 12.2 Å². The van der Waals surface area contributed by atoms with Gasteiger partial charge in [-0.25, -0.2) is 0 Å². The van der Waals surface area contributed by atoms with Crippen molar-refractivity contribution >= 4 is 23.2 Å². The Labute approximate surface area is 172 Å². The van der Waals surface area contributed by atoms with Crippen LogP contribution in [0.5, 0.6) is 5.75 Å². The molecule has 0 bridgehead atoms. The van der Waals surface area contributed by atoms with E-state index in [0.717, 1.165) is 30.6 Å². The van der Waals surface area contributed by atoms with Crippen molar-refractivity contribution in [2.45, 2.75) is 32.7 Å². The largest absolute Gasteiger partial charge is 0.495 e. The van der Waals surface area contributed by atoms with Gasteiger partial charge in [0.2, 0.25) is 11.8 Å². The van der Waals surface area contributed by atoms with Gasteiger partial charge in [0.15, 0.2) is 0 Å². The average Bonchev–Trinajstić information content (AvgIpc) is 2.74. The predicted octanol–water partition coefficient (Wildman–Crippen LogP) is 3.68. The van der Waals surface area contributed by atoms with Gasteiger partial charge in [0.1, 0.15) is 5.75 Å². The first kappa shape index (κ1) is 20.9. The summed E-state index contributed by atoms with van der Waals surface area (Å²) in [4.78, 5) is 27.6. The van der Waals surface area contributed by atoms with Gasteiger partial charge in [-0.2, -0.15) is 0 Å². The van der Waals surface area contributed by atoms with Gasteiger partial charge in [-0.15, -0.1) is 0 Å². The van der Waals surface area contributed by atoms with Crippen molar-refractivity contribution in [1.82, 2.24) is 4.90 Å². The van der Waals surface area contributed by atoms with Crippen molar-refractivity contribution in [3.05, 3.63) is 54.1 Å². The summed E-state index contributed by atoms with van der Waals surface area (Å²) in [5.41, 5.74) is 2.51. The van der Waals surface area contributed by atoms with E-state index in [1.807, 2.05) is 62.4 Å². The molecule has 1 fully saturated rings. The number of benzene rings is 2. The van der Waals surface area contributed by atoms with E-state index in [9.17, 15) is 9.59 Å². The lowest BCUT2D eigenvalue weighted by molar-refractivity contribution is -0.125. The Bertz CT molecular complexity index is 854. The molecule has 0 saturated carbocycles. The highest BCUT2D eigenvalue weighted by Crippen LogP contribution is 2.26. The number of carbonyl (C=O) groups is 2. The molecule has 2 aromatic rings. The van der Waals surface area contributed by atoms with E-state index in [0.29, 0.717) is 18.0 Å². The molecule has 0 aliphatic carbocycles. The summed E-state index contributed by atoms with van der Waals surface area (Å²) in [5, 5.41) is 5.96. The lowest BCUT2D eigenvalue weighted by Crippen LogP contribution is -2.49. The Hall–Kier alpha value is -2.86. The van der Waals surface area contributed by atoms with E-state index in [1.54, 1.807) is 7.11 Å². The van der Waals surface area contributed by atoms with Gasteiger partial charge in [-0.05, 0) is 63.1 Å². The predicted molar refractivity (Wildman–Crippen MR) is 115 cm³/mol. The van der Waals surface area contributed by atoms with Crippen LogP contribution in [0, 0.1) is 12.8 Å². The highest BCUT2D eigenvalue weighted by molar-refractivity contribution is 5.96. The van der Waals surface area contributed by atoms with Crippen molar-refractivity contribution in [1.29, 1.82) is 0 Å². The third kappa shape index (κ3) is 5.35. The minimum absolute atomic E-state index is 0.00821. The number of piperidine rings is 1. The van der Waals surface area contributed by atoms with E-state index in [2.05, 4.69) is 15.5 Å². The molecule has 2 aromatic carbocycles. The number of nitrogens with zero attached hydrogens (tertiary/aromatic N) is 1. The molecule has 6 nitrogen and oxygen atoms in total. The maximum Gasteiger partial charge on any atom is 0.241 e. The summed E-state index contributed by atoms with van der Waals surface area (Å²) in [7, 11) is 1.59. The topological polar surface area (TPSA) is 70.7 Å². The van der Waals surface area contributed by atoms with Crippen LogP contribution in [0.3, 0.4) is 0 Å². The SMILES string of the molecule is COc1ccc(C)cc1NC(=O)[C@@H](C)N1CCC[C@@H](C(=O)Nc2ccccc2)C1. The number of hydrogen-bond donors (Lipinski definition) is 2. The molecular weight excluding hydrogens is 366 g/mol. The summed E-state index contributed by atoms with van der Waals surface area (Å²) < 4.78 is 5.35. The van der Waals surface area contributed by atoms with Crippen molar-refractivity contribution < 1.29 is 14.3 Å². The Kier molecular flexibility index (Phi) is 6.88. The fourth-order valence-corrected chi connectivity index (χ4v) is 3.66. The third-order valence-electron chi connectivity index (χ3n) is 5.40. The third-order valence-corrected chi connectivity index (χ3v) is 5.40. The van der Waals surface area contributed by atoms with Crippen LogP contribution in [0.25, 0.3) is 0 Å². The number of likely N-dealkylation sites (tertiary alicyclic amines) is 1. The molecule has 2 amide bonds. The number of anilines is 2. The second-order valence-corrected chi connectivity index (χ2v) is 7.56. The molecule has 6 heteroatoms. The van der Waals surface area contributed by atoms with Crippen LogP contribution in [-0.2, 0) is 9.59 Å². The van der Waals surface area contributed by atoms with Crippen LogP contribution in [0.4, 0.5) is 11.4 Å². The summed E-state index contributed by atoms with van der Waals surface area (Å²) in [5.74, 6) is 0.412. The number of aryl methyl sites for hydroxylation is 1. The van der Waals surface area contributed by atoms with Crippen molar-refractivity contribution in [2.75, 3.05) is 30.8 Å². The molecule has 1 aliphatic heterocycles. The Morgan fingerprint density at radius 2 is 1.90 bits per heavy atom.